The van der Waals surface area contributed by atoms with E-state index in [4.69, 9.17) is 0 Å². The predicted octanol–water partition coefficient (Wildman–Crippen LogP) is 6.40. The number of benzene rings is 4. The number of para-hydroxylation sites is 3. The number of aromatic nitrogens is 1. The summed E-state index contributed by atoms with van der Waals surface area (Å²) in [5.74, 6) is -0.250. The normalized spacial score (nSPS) is 11.0. The minimum Gasteiger partial charge on any atom is -0.360 e. The summed E-state index contributed by atoms with van der Waals surface area (Å²) in [5.41, 5.74) is 8.19. The zero-order chi connectivity index (χ0) is 22.5. The SMILES string of the molecule is O=C(N/N=C\c1ccc(N(c2ccccc2)c2ccccc2)cc1)c1c[nH]c2ccccc12. The number of amides is 1. The van der Waals surface area contributed by atoms with Crippen LogP contribution in [-0.4, -0.2) is 17.1 Å². The molecule has 4 aromatic carbocycles. The van der Waals surface area contributed by atoms with Gasteiger partial charge in [-0.05, 0) is 48.0 Å². The van der Waals surface area contributed by atoms with Crippen LogP contribution in [0.3, 0.4) is 0 Å². The van der Waals surface area contributed by atoms with Crippen LogP contribution >= 0.6 is 0 Å². The fourth-order valence-electron chi connectivity index (χ4n) is 3.80. The molecule has 0 saturated heterocycles. The molecule has 0 unspecified atom stereocenters. The van der Waals surface area contributed by atoms with Gasteiger partial charge in [0.1, 0.15) is 0 Å². The number of aromatic amines is 1. The molecular weight excluding hydrogens is 408 g/mol. The van der Waals surface area contributed by atoms with Gasteiger partial charge < -0.3 is 9.88 Å². The lowest BCUT2D eigenvalue weighted by atomic mass is 10.1. The maximum Gasteiger partial charge on any atom is 0.273 e. The standard InChI is InChI=1S/C28H22N4O/c33-28(26-20-29-27-14-8-7-13-25(26)27)31-30-19-21-15-17-24(18-16-21)32(22-9-3-1-4-10-22)23-11-5-2-6-12-23/h1-20,29H,(H,31,33)/b30-19-. The lowest BCUT2D eigenvalue weighted by Crippen LogP contribution is -2.17. The Morgan fingerprint density at radius 2 is 1.30 bits per heavy atom. The minimum absolute atomic E-state index is 0.250. The van der Waals surface area contributed by atoms with Crippen molar-refractivity contribution in [3.05, 3.63) is 127 Å². The minimum atomic E-state index is -0.250. The van der Waals surface area contributed by atoms with Gasteiger partial charge in [0.05, 0.1) is 11.8 Å². The van der Waals surface area contributed by atoms with Crippen LogP contribution in [0.2, 0.25) is 0 Å². The van der Waals surface area contributed by atoms with Crippen molar-refractivity contribution < 1.29 is 4.79 Å². The number of carbonyl (C=O) groups is 1. The van der Waals surface area contributed by atoms with Crippen LogP contribution in [-0.2, 0) is 0 Å². The zero-order valence-electron chi connectivity index (χ0n) is 17.8. The Bertz CT molecular complexity index is 1350. The smallest absolute Gasteiger partial charge is 0.273 e. The highest BCUT2D eigenvalue weighted by Gasteiger charge is 2.12. The van der Waals surface area contributed by atoms with Crippen LogP contribution in [0, 0.1) is 0 Å². The first-order valence-electron chi connectivity index (χ1n) is 10.7. The third kappa shape index (κ3) is 4.38. The summed E-state index contributed by atoms with van der Waals surface area (Å²) in [7, 11) is 0. The van der Waals surface area contributed by atoms with E-state index < -0.39 is 0 Å². The molecule has 0 atom stereocenters. The molecule has 1 aromatic heterocycles. The molecule has 5 aromatic rings. The Morgan fingerprint density at radius 1 is 0.727 bits per heavy atom. The van der Waals surface area contributed by atoms with Crippen LogP contribution in [0.5, 0.6) is 0 Å². The Hall–Kier alpha value is -4.64. The molecular formula is C28H22N4O. The number of carbonyl (C=O) groups excluding carboxylic acids is 1. The summed E-state index contributed by atoms with van der Waals surface area (Å²) < 4.78 is 0. The lowest BCUT2D eigenvalue weighted by Gasteiger charge is -2.25. The molecule has 0 fully saturated rings. The van der Waals surface area contributed by atoms with E-state index in [1.165, 1.54) is 0 Å². The number of anilines is 3. The number of H-pyrrole nitrogens is 1. The molecule has 0 saturated carbocycles. The van der Waals surface area contributed by atoms with Gasteiger partial charge in [-0.15, -0.1) is 0 Å². The molecule has 0 bridgehead atoms. The van der Waals surface area contributed by atoms with E-state index >= 15 is 0 Å². The molecule has 0 aliphatic rings. The molecule has 2 N–H and O–H groups in total. The van der Waals surface area contributed by atoms with Gasteiger partial charge >= 0.3 is 0 Å². The molecule has 0 aliphatic heterocycles. The second-order valence-corrected chi connectivity index (χ2v) is 7.55. The van der Waals surface area contributed by atoms with Gasteiger partial charge in [0.2, 0.25) is 0 Å². The Labute approximate surface area is 192 Å². The molecule has 1 amide bonds. The van der Waals surface area contributed by atoms with Crippen molar-refractivity contribution in [1.29, 1.82) is 0 Å². The fraction of sp³-hybridized carbons (Fsp3) is 0. The molecule has 0 spiro atoms. The summed E-state index contributed by atoms with van der Waals surface area (Å²) in [6, 6.07) is 36.2. The van der Waals surface area contributed by atoms with Crippen LogP contribution in [0.25, 0.3) is 10.9 Å². The maximum atomic E-state index is 12.5. The number of hydrazone groups is 1. The van der Waals surface area contributed by atoms with Crippen molar-refractivity contribution in [3.8, 4) is 0 Å². The monoisotopic (exact) mass is 430 g/mol. The number of fused-ring (bicyclic) bond motifs is 1. The number of nitrogens with zero attached hydrogens (tertiary/aromatic N) is 2. The summed E-state index contributed by atoms with van der Waals surface area (Å²) in [5, 5.41) is 5.01. The number of rotatable bonds is 6. The molecule has 0 aliphatic carbocycles. The van der Waals surface area contributed by atoms with E-state index in [2.05, 4.69) is 44.7 Å². The second kappa shape index (κ2) is 9.24. The van der Waals surface area contributed by atoms with E-state index in [1.807, 2.05) is 84.9 Å². The van der Waals surface area contributed by atoms with E-state index in [1.54, 1.807) is 12.4 Å². The molecule has 5 nitrogen and oxygen atoms in total. The van der Waals surface area contributed by atoms with Gasteiger partial charge in [0, 0.05) is 34.2 Å². The number of nitrogens with one attached hydrogen (secondary N) is 2. The molecule has 160 valence electrons. The predicted molar refractivity (Wildman–Crippen MR) is 134 cm³/mol. The zero-order valence-corrected chi connectivity index (χ0v) is 17.8. The van der Waals surface area contributed by atoms with Crippen molar-refractivity contribution in [2.24, 2.45) is 5.10 Å². The number of hydrogen-bond acceptors (Lipinski definition) is 3. The largest absolute Gasteiger partial charge is 0.360 e. The summed E-state index contributed by atoms with van der Waals surface area (Å²) >= 11 is 0. The highest BCUT2D eigenvalue weighted by atomic mass is 16.2. The summed E-state index contributed by atoms with van der Waals surface area (Å²) in [6.07, 6.45) is 3.35. The van der Waals surface area contributed by atoms with E-state index in [-0.39, 0.29) is 5.91 Å². The van der Waals surface area contributed by atoms with E-state index in [0.717, 1.165) is 33.5 Å². The van der Waals surface area contributed by atoms with Crippen LogP contribution in [0.15, 0.2) is 120 Å². The first-order valence-corrected chi connectivity index (χ1v) is 10.7. The molecule has 1 heterocycles. The average Bonchev–Trinajstić information content (AvgIpc) is 3.31. The van der Waals surface area contributed by atoms with E-state index in [9.17, 15) is 4.79 Å². The van der Waals surface area contributed by atoms with Crippen molar-refractivity contribution in [1.82, 2.24) is 10.4 Å². The van der Waals surface area contributed by atoms with Gasteiger partial charge in [-0.3, -0.25) is 4.79 Å². The summed E-state index contributed by atoms with van der Waals surface area (Å²) in [6.45, 7) is 0. The van der Waals surface area contributed by atoms with Crippen LogP contribution < -0.4 is 10.3 Å². The van der Waals surface area contributed by atoms with Crippen LogP contribution in [0.1, 0.15) is 15.9 Å². The van der Waals surface area contributed by atoms with Gasteiger partial charge in [-0.25, -0.2) is 5.43 Å². The average molecular weight is 431 g/mol. The summed E-state index contributed by atoms with van der Waals surface area (Å²) in [4.78, 5) is 17.8. The van der Waals surface area contributed by atoms with Crippen molar-refractivity contribution in [2.75, 3.05) is 4.90 Å². The molecule has 33 heavy (non-hydrogen) atoms. The van der Waals surface area contributed by atoms with Crippen molar-refractivity contribution in [3.63, 3.8) is 0 Å². The third-order valence-corrected chi connectivity index (χ3v) is 5.39. The Kier molecular flexibility index (Phi) is 5.68. The number of hydrogen-bond donors (Lipinski definition) is 2. The van der Waals surface area contributed by atoms with Gasteiger partial charge in [-0.1, -0.05) is 66.7 Å². The van der Waals surface area contributed by atoms with E-state index in [0.29, 0.717) is 5.56 Å². The van der Waals surface area contributed by atoms with Gasteiger partial charge in [-0.2, -0.15) is 5.10 Å². The second-order valence-electron chi connectivity index (χ2n) is 7.55. The molecule has 5 rings (SSSR count). The fourth-order valence-corrected chi connectivity index (χ4v) is 3.80. The quantitative estimate of drug-likeness (QED) is 0.242. The maximum absolute atomic E-state index is 12.5. The third-order valence-electron chi connectivity index (χ3n) is 5.39. The van der Waals surface area contributed by atoms with Gasteiger partial charge in [0.25, 0.3) is 5.91 Å². The first-order chi connectivity index (χ1) is 16.3. The van der Waals surface area contributed by atoms with Crippen molar-refractivity contribution in [2.45, 2.75) is 0 Å². The molecule has 5 heteroatoms. The van der Waals surface area contributed by atoms with Gasteiger partial charge in [0.15, 0.2) is 0 Å². The Morgan fingerprint density at radius 3 is 1.97 bits per heavy atom. The first kappa shape index (κ1) is 20.3. The Balaban J connectivity index is 1.33. The molecule has 0 radical (unpaired) electrons. The van der Waals surface area contributed by atoms with Crippen molar-refractivity contribution >= 4 is 40.1 Å². The highest BCUT2D eigenvalue weighted by Crippen LogP contribution is 2.33. The lowest BCUT2D eigenvalue weighted by molar-refractivity contribution is 0.0957. The highest BCUT2D eigenvalue weighted by molar-refractivity contribution is 6.06. The van der Waals surface area contributed by atoms with Crippen LogP contribution in [0.4, 0.5) is 17.1 Å². The topological polar surface area (TPSA) is 60.5 Å².